The van der Waals surface area contributed by atoms with E-state index in [1.165, 1.54) is 6.07 Å². The van der Waals surface area contributed by atoms with Crippen molar-refractivity contribution in [1.82, 2.24) is 9.88 Å². The molecule has 0 saturated carbocycles. The molecule has 0 aliphatic heterocycles. The number of aromatic nitrogens is 1. The van der Waals surface area contributed by atoms with E-state index in [9.17, 15) is 18.0 Å². The van der Waals surface area contributed by atoms with Gasteiger partial charge in [-0.1, -0.05) is 42.0 Å². The standard InChI is InChI=1S/C24H21F3N2OS/c1-15-6-8-17(9-7-15)14-29-20-10-16(2)31-22(20)12-21(29)23(30)28-13-18-4-3-5-19(11-18)24(25,26)27/h3-12H,13-14H2,1-2H3,(H,28,30). The van der Waals surface area contributed by atoms with Crippen molar-refractivity contribution in [1.29, 1.82) is 0 Å². The molecule has 2 heterocycles. The fourth-order valence-corrected chi connectivity index (χ4v) is 4.49. The lowest BCUT2D eigenvalue weighted by atomic mass is 10.1. The average molecular weight is 443 g/mol. The Bertz CT molecular complexity index is 1240. The third kappa shape index (κ3) is 4.66. The van der Waals surface area contributed by atoms with Gasteiger partial charge in [0.2, 0.25) is 0 Å². The van der Waals surface area contributed by atoms with Crippen LogP contribution >= 0.6 is 11.3 Å². The minimum Gasteiger partial charge on any atom is -0.347 e. The molecule has 0 saturated heterocycles. The summed E-state index contributed by atoms with van der Waals surface area (Å²) in [5.74, 6) is -0.314. The Kier molecular flexibility index (Phi) is 5.62. The SMILES string of the molecule is Cc1ccc(Cn2c(C(=O)NCc3cccc(C(F)(F)F)c3)cc3sc(C)cc32)cc1. The molecule has 7 heteroatoms. The van der Waals surface area contributed by atoms with Crippen LogP contribution in [-0.4, -0.2) is 10.5 Å². The molecule has 4 rings (SSSR count). The van der Waals surface area contributed by atoms with Gasteiger partial charge in [-0.05, 0) is 49.2 Å². The lowest BCUT2D eigenvalue weighted by Crippen LogP contribution is -2.25. The van der Waals surface area contributed by atoms with Crippen molar-refractivity contribution in [2.45, 2.75) is 33.1 Å². The van der Waals surface area contributed by atoms with E-state index in [1.54, 1.807) is 17.4 Å². The summed E-state index contributed by atoms with van der Waals surface area (Å²) in [6.45, 7) is 4.60. The maximum Gasteiger partial charge on any atom is 0.416 e. The zero-order valence-corrected chi connectivity index (χ0v) is 17.9. The van der Waals surface area contributed by atoms with Crippen LogP contribution in [0, 0.1) is 13.8 Å². The molecule has 1 N–H and O–H groups in total. The Balaban J connectivity index is 1.59. The zero-order chi connectivity index (χ0) is 22.2. The average Bonchev–Trinajstić information content (AvgIpc) is 3.24. The molecule has 0 fully saturated rings. The number of alkyl halides is 3. The monoisotopic (exact) mass is 442 g/mol. The van der Waals surface area contributed by atoms with Gasteiger partial charge in [0.05, 0.1) is 15.8 Å². The number of carbonyl (C=O) groups excluding carboxylic acids is 1. The second-order valence-electron chi connectivity index (χ2n) is 7.59. The van der Waals surface area contributed by atoms with Crippen LogP contribution in [0.5, 0.6) is 0 Å². The summed E-state index contributed by atoms with van der Waals surface area (Å²) >= 11 is 1.61. The number of thiophene rings is 1. The van der Waals surface area contributed by atoms with Crippen molar-refractivity contribution >= 4 is 27.5 Å². The first-order chi connectivity index (χ1) is 14.7. The van der Waals surface area contributed by atoms with E-state index in [1.807, 2.05) is 48.7 Å². The highest BCUT2D eigenvalue weighted by Gasteiger charge is 2.30. The highest BCUT2D eigenvalue weighted by Crippen LogP contribution is 2.31. The quantitative estimate of drug-likeness (QED) is 0.386. The molecule has 2 aromatic carbocycles. The fourth-order valence-electron chi connectivity index (χ4n) is 3.53. The third-order valence-corrected chi connectivity index (χ3v) is 6.10. The number of nitrogens with one attached hydrogen (secondary N) is 1. The first kappa shape index (κ1) is 21.2. The van der Waals surface area contributed by atoms with E-state index in [4.69, 9.17) is 0 Å². The van der Waals surface area contributed by atoms with Crippen LogP contribution in [0.2, 0.25) is 0 Å². The largest absolute Gasteiger partial charge is 0.416 e. The molecule has 3 nitrogen and oxygen atoms in total. The maximum absolute atomic E-state index is 13.0. The van der Waals surface area contributed by atoms with E-state index in [2.05, 4.69) is 11.4 Å². The van der Waals surface area contributed by atoms with Gasteiger partial charge in [-0.15, -0.1) is 11.3 Å². The highest BCUT2D eigenvalue weighted by atomic mass is 32.1. The first-order valence-electron chi connectivity index (χ1n) is 9.80. The normalized spacial score (nSPS) is 11.8. The predicted molar refractivity (Wildman–Crippen MR) is 117 cm³/mol. The third-order valence-electron chi connectivity index (χ3n) is 5.11. The molecule has 0 atom stereocenters. The van der Waals surface area contributed by atoms with Crippen molar-refractivity contribution in [2.24, 2.45) is 0 Å². The zero-order valence-electron chi connectivity index (χ0n) is 17.1. The summed E-state index contributed by atoms with van der Waals surface area (Å²) in [4.78, 5) is 14.1. The van der Waals surface area contributed by atoms with Crippen molar-refractivity contribution in [3.05, 3.63) is 93.5 Å². The van der Waals surface area contributed by atoms with Gasteiger partial charge in [0.25, 0.3) is 5.91 Å². The molecular formula is C24H21F3N2OS. The highest BCUT2D eigenvalue weighted by molar-refractivity contribution is 7.19. The molecule has 0 radical (unpaired) electrons. The van der Waals surface area contributed by atoms with Gasteiger partial charge in [-0.3, -0.25) is 4.79 Å². The van der Waals surface area contributed by atoms with Crippen molar-refractivity contribution in [3.8, 4) is 0 Å². The molecule has 31 heavy (non-hydrogen) atoms. The van der Waals surface area contributed by atoms with Gasteiger partial charge in [0, 0.05) is 18.0 Å². The van der Waals surface area contributed by atoms with Crippen LogP contribution in [0.25, 0.3) is 10.2 Å². The van der Waals surface area contributed by atoms with E-state index in [0.29, 0.717) is 17.8 Å². The Morgan fingerprint density at radius 2 is 1.74 bits per heavy atom. The Labute approximate surface area is 182 Å². The summed E-state index contributed by atoms with van der Waals surface area (Å²) in [6.07, 6.45) is -4.41. The van der Waals surface area contributed by atoms with Crippen molar-refractivity contribution in [3.63, 3.8) is 0 Å². The molecule has 1 amide bonds. The van der Waals surface area contributed by atoms with Gasteiger partial charge in [0.15, 0.2) is 0 Å². The minimum absolute atomic E-state index is 0.0190. The number of hydrogen-bond donors (Lipinski definition) is 1. The van der Waals surface area contributed by atoms with Crippen LogP contribution < -0.4 is 5.32 Å². The molecule has 0 bridgehead atoms. The Morgan fingerprint density at radius 1 is 1.00 bits per heavy atom. The number of halogens is 3. The van der Waals surface area contributed by atoms with E-state index >= 15 is 0 Å². The van der Waals surface area contributed by atoms with Crippen LogP contribution in [0.15, 0.2) is 60.7 Å². The Morgan fingerprint density at radius 3 is 2.45 bits per heavy atom. The number of amides is 1. The van der Waals surface area contributed by atoms with E-state index in [0.717, 1.165) is 38.4 Å². The lowest BCUT2D eigenvalue weighted by Gasteiger charge is -2.12. The number of rotatable bonds is 5. The Hall–Kier alpha value is -3.06. The van der Waals surface area contributed by atoms with Crippen LogP contribution in [-0.2, 0) is 19.3 Å². The van der Waals surface area contributed by atoms with Crippen LogP contribution in [0.4, 0.5) is 13.2 Å². The minimum atomic E-state index is -4.41. The molecule has 0 aliphatic rings. The van der Waals surface area contributed by atoms with Gasteiger partial charge >= 0.3 is 6.18 Å². The van der Waals surface area contributed by atoms with Gasteiger partial charge in [0.1, 0.15) is 5.69 Å². The second kappa shape index (κ2) is 8.23. The molecule has 0 unspecified atom stereocenters. The van der Waals surface area contributed by atoms with Crippen LogP contribution in [0.3, 0.4) is 0 Å². The number of hydrogen-bond acceptors (Lipinski definition) is 2. The molecule has 2 aromatic heterocycles. The first-order valence-corrected chi connectivity index (χ1v) is 10.6. The maximum atomic E-state index is 13.0. The molecule has 0 aliphatic carbocycles. The van der Waals surface area contributed by atoms with E-state index < -0.39 is 11.7 Å². The summed E-state index contributed by atoms with van der Waals surface area (Å²) in [6, 6.07) is 17.0. The van der Waals surface area contributed by atoms with E-state index in [-0.39, 0.29) is 12.5 Å². The lowest BCUT2D eigenvalue weighted by molar-refractivity contribution is -0.137. The van der Waals surface area contributed by atoms with Crippen LogP contribution in [0.1, 0.15) is 37.6 Å². The van der Waals surface area contributed by atoms with Gasteiger partial charge < -0.3 is 9.88 Å². The van der Waals surface area contributed by atoms with Crippen molar-refractivity contribution < 1.29 is 18.0 Å². The predicted octanol–water partition coefficient (Wildman–Crippen LogP) is 6.32. The number of fused-ring (bicyclic) bond motifs is 1. The van der Waals surface area contributed by atoms with Gasteiger partial charge in [-0.25, -0.2) is 0 Å². The molecule has 0 spiro atoms. The fraction of sp³-hybridized carbons (Fsp3) is 0.208. The topological polar surface area (TPSA) is 34.0 Å². The molecule has 160 valence electrons. The summed E-state index contributed by atoms with van der Waals surface area (Å²) in [5, 5.41) is 2.77. The summed E-state index contributed by atoms with van der Waals surface area (Å²) in [7, 11) is 0. The summed E-state index contributed by atoms with van der Waals surface area (Å²) < 4.78 is 41.8. The smallest absolute Gasteiger partial charge is 0.347 e. The number of aryl methyl sites for hydroxylation is 2. The second-order valence-corrected chi connectivity index (χ2v) is 8.88. The number of nitrogens with zero attached hydrogens (tertiary/aromatic N) is 1. The summed E-state index contributed by atoms with van der Waals surface area (Å²) in [5.41, 5.74) is 3.38. The molecular weight excluding hydrogens is 421 g/mol. The number of carbonyl (C=O) groups is 1. The molecule has 4 aromatic rings. The number of benzene rings is 2. The van der Waals surface area contributed by atoms with Crippen molar-refractivity contribution in [2.75, 3.05) is 0 Å². The van der Waals surface area contributed by atoms with Gasteiger partial charge in [-0.2, -0.15) is 13.2 Å².